The Labute approximate surface area is 392 Å². The van der Waals surface area contributed by atoms with Crippen LogP contribution in [0.3, 0.4) is 0 Å². The zero-order chi connectivity index (χ0) is 51.8. The van der Waals surface area contributed by atoms with Crippen molar-refractivity contribution in [2.24, 2.45) is 5.41 Å². The molecule has 69 heavy (non-hydrogen) atoms. The molecule has 0 saturated heterocycles. The van der Waals surface area contributed by atoms with Crippen molar-refractivity contribution in [3.05, 3.63) is 107 Å². The molecule has 19 heteroatoms. The highest BCUT2D eigenvalue weighted by molar-refractivity contribution is 6.20. The van der Waals surface area contributed by atoms with Crippen molar-refractivity contribution in [1.29, 1.82) is 0 Å². The SMILES string of the molecule is C=C(O)/C(O)=C(\C)O.Cc1c(/C(O)=C(\C(O)=C\O)C(C)(C)C)c2c(O)c(O)c(O)c(O)c2n1-c1cccc(-c2cccc(-n3c4c(O)c(O)c(O)c(O)c4c4c(O)c(C(C)(C)C)c(O)c(O)c43)c2)c1. The molecule has 2 heterocycles. The first-order chi connectivity index (χ1) is 31.9. The molecule has 0 aliphatic rings. The number of phenols is 11. The van der Waals surface area contributed by atoms with Crippen LogP contribution in [0.2, 0.25) is 0 Å². The molecule has 0 radical (unpaired) electrons. The molecule has 0 aliphatic heterocycles. The smallest absolute Gasteiger partial charge is 0.206 e. The molecule has 0 amide bonds. The monoisotopic (exact) mass is 952 g/mol. The minimum absolute atomic E-state index is 0.104. The van der Waals surface area contributed by atoms with Gasteiger partial charge in [-0.25, -0.2) is 0 Å². The van der Waals surface area contributed by atoms with E-state index in [1.165, 1.54) is 29.0 Å². The molecule has 0 bridgehead atoms. The van der Waals surface area contributed by atoms with Gasteiger partial charge in [0.2, 0.25) is 23.0 Å². The van der Waals surface area contributed by atoms with E-state index in [4.69, 9.17) is 15.3 Å². The van der Waals surface area contributed by atoms with Crippen LogP contribution in [0.25, 0.3) is 61.0 Å². The first kappa shape index (κ1) is 49.4. The summed E-state index contributed by atoms with van der Waals surface area (Å²) < 4.78 is 2.55. The van der Waals surface area contributed by atoms with E-state index in [0.717, 1.165) is 0 Å². The molecule has 7 aromatic rings. The molecule has 0 saturated carbocycles. The summed E-state index contributed by atoms with van der Waals surface area (Å²) in [4.78, 5) is 0. The molecule has 364 valence electrons. The standard InChI is InChI=1S/C45H44N2O14.C5H8O3/c1-17-23(32(50)27(22(49)16-48)44(2,3)4)24-29(38(56)42(60)40(58)34(24)52)46(17)20-12-8-10-18(14-20)19-11-9-13-21(15-19)47-30-25(26-31(47)39(57)43(61)41(59)35(26)53)33(51)28(45(5,6)7)36(54)37(30)55;1-3(6)5(8)4(2)7/h8-16,48-61H,1-7H3;6-8H,1H2,2H3/b22-16-,32-27-;5-4-. The predicted octanol–water partition coefficient (Wildman–Crippen LogP) is 10.4. The second-order valence-electron chi connectivity index (χ2n) is 18.2. The maximum Gasteiger partial charge on any atom is 0.206 e. The van der Waals surface area contributed by atoms with Crippen molar-refractivity contribution >= 4 is 38.5 Å². The van der Waals surface area contributed by atoms with E-state index in [2.05, 4.69) is 6.58 Å². The van der Waals surface area contributed by atoms with Crippen molar-refractivity contribution in [2.45, 2.75) is 60.8 Å². The molecule has 0 unspecified atom stereocenters. The lowest BCUT2D eigenvalue weighted by Gasteiger charge is -2.24. The molecule has 7 rings (SSSR count). The lowest BCUT2D eigenvalue weighted by Crippen LogP contribution is -2.14. The summed E-state index contributed by atoms with van der Waals surface area (Å²) in [6.45, 7) is 15.6. The molecule has 19 nitrogen and oxygen atoms in total. The Morgan fingerprint density at radius 2 is 0.942 bits per heavy atom. The molecule has 0 fully saturated rings. The molecule has 0 spiro atoms. The van der Waals surface area contributed by atoms with E-state index in [1.54, 1.807) is 84.0 Å². The van der Waals surface area contributed by atoms with Crippen molar-refractivity contribution in [3.8, 4) is 85.7 Å². The van der Waals surface area contributed by atoms with Crippen LogP contribution >= 0.6 is 0 Å². The van der Waals surface area contributed by atoms with E-state index < -0.39 is 97.1 Å². The lowest BCUT2D eigenvalue weighted by molar-refractivity contribution is 0.286. The number of hydrogen-bond acceptors (Lipinski definition) is 17. The Morgan fingerprint density at radius 3 is 1.35 bits per heavy atom. The van der Waals surface area contributed by atoms with E-state index in [-0.39, 0.29) is 72.2 Å². The van der Waals surface area contributed by atoms with E-state index in [1.807, 2.05) is 0 Å². The number of aliphatic hydroxyl groups excluding tert-OH is 6. The summed E-state index contributed by atoms with van der Waals surface area (Å²) in [6.07, 6.45) is 0.384. The van der Waals surface area contributed by atoms with Gasteiger partial charge in [-0.2, -0.15) is 0 Å². The summed E-state index contributed by atoms with van der Waals surface area (Å²) in [5, 5.41) is 179. The molecular formula is C50H52N2O17. The Kier molecular flexibility index (Phi) is 12.2. The molecule has 17 N–H and O–H groups in total. The van der Waals surface area contributed by atoms with Gasteiger partial charge in [-0.3, -0.25) is 0 Å². The fourth-order valence-electron chi connectivity index (χ4n) is 8.49. The van der Waals surface area contributed by atoms with Gasteiger partial charge in [-0.05, 0) is 60.1 Å². The number of aromatic hydroxyl groups is 11. The quantitative estimate of drug-likeness (QED) is 0.0319. The number of allylic oxidation sites excluding steroid dienone is 2. The average molecular weight is 953 g/mol. The zero-order valence-corrected chi connectivity index (χ0v) is 38.4. The Hall–Kier alpha value is -9.00. The van der Waals surface area contributed by atoms with Crippen molar-refractivity contribution in [3.63, 3.8) is 0 Å². The number of aliphatic hydroxyl groups is 6. The number of phenolic OH excluding ortho intramolecular Hbond substituents is 11. The number of rotatable bonds is 6. The van der Waals surface area contributed by atoms with Crippen LogP contribution in [0, 0.1) is 12.3 Å². The average Bonchev–Trinajstić information content (AvgIpc) is 3.81. The summed E-state index contributed by atoms with van der Waals surface area (Å²) >= 11 is 0. The van der Waals surface area contributed by atoms with Gasteiger partial charge < -0.3 is 95.9 Å². The van der Waals surface area contributed by atoms with Crippen molar-refractivity contribution < 1.29 is 86.8 Å². The Bertz CT molecular complexity index is 3410. The van der Waals surface area contributed by atoms with Gasteiger partial charge in [0, 0.05) is 33.8 Å². The minimum Gasteiger partial charge on any atom is -0.512 e. The van der Waals surface area contributed by atoms with Gasteiger partial charge in [-0.15, -0.1) is 0 Å². The molecular weight excluding hydrogens is 901 g/mol. The highest BCUT2D eigenvalue weighted by atomic mass is 16.4. The molecule has 0 aliphatic carbocycles. The molecule has 0 atom stereocenters. The second kappa shape index (κ2) is 17.0. The van der Waals surface area contributed by atoms with Crippen LogP contribution in [0.1, 0.15) is 65.3 Å². The van der Waals surface area contributed by atoms with Gasteiger partial charge in [0.25, 0.3) is 0 Å². The lowest BCUT2D eigenvalue weighted by atomic mass is 9.83. The van der Waals surface area contributed by atoms with Gasteiger partial charge in [0.05, 0.1) is 16.2 Å². The third-order valence-corrected chi connectivity index (χ3v) is 11.5. The first-order valence-electron chi connectivity index (χ1n) is 20.7. The largest absolute Gasteiger partial charge is 0.512 e. The zero-order valence-electron chi connectivity index (χ0n) is 38.4. The first-order valence-corrected chi connectivity index (χ1v) is 20.7. The van der Waals surface area contributed by atoms with E-state index in [9.17, 15) is 71.5 Å². The van der Waals surface area contributed by atoms with Gasteiger partial charge in [0.15, 0.2) is 51.8 Å². The van der Waals surface area contributed by atoms with Gasteiger partial charge in [0.1, 0.15) is 40.1 Å². The summed E-state index contributed by atoms with van der Waals surface area (Å²) in [6, 6.07) is 12.9. The van der Waals surface area contributed by atoms with E-state index >= 15 is 0 Å². The maximum absolute atomic E-state index is 11.8. The number of benzene rings is 5. The summed E-state index contributed by atoms with van der Waals surface area (Å²) in [7, 11) is 0. The predicted molar refractivity (Wildman–Crippen MR) is 257 cm³/mol. The highest BCUT2D eigenvalue weighted by Crippen LogP contribution is 2.59. The van der Waals surface area contributed by atoms with Crippen LogP contribution in [-0.2, 0) is 5.41 Å². The Balaban J connectivity index is 0.000000897. The van der Waals surface area contributed by atoms with Crippen molar-refractivity contribution in [1.82, 2.24) is 9.13 Å². The van der Waals surface area contributed by atoms with E-state index in [0.29, 0.717) is 17.4 Å². The van der Waals surface area contributed by atoms with Crippen LogP contribution in [0.4, 0.5) is 0 Å². The number of nitrogens with zero attached hydrogens (tertiary/aromatic N) is 2. The van der Waals surface area contributed by atoms with Gasteiger partial charge >= 0.3 is 0 Å². The number of fused-ring (bicyclic) bond motifs is 4. The summed E-state index contributed by atoms with van der Waals surface area (Å²) in [5.74, 6) is -12.8. The highest BCUT2D eigenvalue weighted by Gasteiger charge is 2.36. The normalized spacial score (nSPS) is 13.1. The third-order valence-electron chi connectivity index (χ3n) is 11.5. The molecule has 2 aromatic heterocycles. The second-order valence-corrected chi connectivity index (χ2v) is 18.2. The third kappa shape index (κ3) is 7.78. The van der Waals surface area contributed by atoms with Crippen LogP contribution < -0.4 is 0 Å². The van der Waals surface area contributed by atoms with Crippen LogP contribution in [0.5, 0.6) is 63.2 Å². The van der Waals surface area contributed by atoms with Crippen LogP contribution in [-0.4, -0.2) is 95.9 Å². The van der Waals surface area contributed by atoms with Crippen LogP contribution in [0.15, 0.2) is 90.0 Å². The number of hydrogen-bond donors (Lipinski definition) is 17. The van der Waals surface area contributed by atoms with Gasteiger partial charge in [-0.1, -0.05) is 72.4 Å². The maximum atomic E-state index is 11.8. The topological polar surface area (TPSA) is 354 Å². The Morgan fingerprint density at radius 1 is 0.536 bits per heavy atom. The molecule has 5 aromatic carbocycles. The van der Waals surface area contributed by atoms with Crippen molar-refractivity contribution in [2.75, 3.05) is 0 Å². The minimum atomic E-state index is -1.10. The summed E-state index contributed by atoms with van der Waals surface area (Å²) in [5.41, 5.74) is -1.90. The fraction of sp³-hybridized carbons (Fsp3) is 0.200. The fourth-order valence-corrected chi connectivity index (χ4v) is 8.49. The number of aromatic nitrogens is 2.